The van der Waals surface area contributed by atoms with Crippen molar-refractivity contribution < 1.29 is 13.9 Å². The maximum absolute atomic E-state index is 13.5. The number of halogens is 3. The number of aliphatic hydroxyl groups is 1. The predicted molar refractivity (Wildman–Crippen MR) is 52.0 cm³/mol. The van der Waals surface area contributed by atoms with Gasteiger partial charge >= 0.3 is 0 Å². The van der Waals surface area contributed by atoms with Crippen LogP contribution in [0, 0.1) is 11.6 Å². The van der Waals surface area contributed by atoms with Crippen molar-refractivity contribution in [3.8, 4) is 0 Å². The van der Waals surface area contributed by atoms with Gasteiger partial charge in [-0.3, -0.25) is 0 Å². The Bertz CT molecular complexity index is 379. The lowest BCUT2D eigenvalue weighted by Gasteiger charge is -2.22. The van der Waals surface area contributed by atoms with Crippen molar-refractivity contribution >= 4 is 15.9 Å². The Labute approximate surface area is 88.9 Å². The Morgan fingerprint density at radius 1 is 1.43 bits per heavy atom. The van der Waals surface area contributed by atoms with Crippen molar-refractivity contribution in [3.05, 3.63) is 33.3 Å². The van der Waals surface area contributed by atoms with Crippen LogP contribution in [0.15, 0.2) is 10.5 Å². The molecule has 0 bridgehead atoms. The fraction of sp³-hybridized carbons (Fsp3) is 0.400. The molecule has 1 aliphatic rings. The van der Waals surface area contributed by atoms with Crippen LogP contribution in [0.3, 0.4) is 0 Å². The molecule has 1 atom stereocenters. The molecule has 0 spiro atoms. The summed E-state index contributed by atoms with van der Waals surface area (Å²) in [5.74, 6) is -0.972. The molecular formula is C10H9BrF2O. The summed E-state index contributed by atoms with van der Waals surface area (Å²) in [6.07, 6.45) is 0.833. The molecule has 0 radical (unpaired) electrons. The molecule has 0 saturated carbocycles. The van der Waals surface area contributed by atoms with Crippen LogP contribution in [0.2, 0.25) is 0 Å². The van der Waals surface area contributed by atoms with Gasteiger partial charge in [-0.05, 0) is 46.8 Å². The van der Waals surface area contributed by atoms with Crippen molar-refractivity contribution in [3.63, 3.8) is 0 Å². The van der Waals surface area contributed by atoms with Gasteiger partial charge in [0.25, 0.3) is 0 Å². The van der Waals surface area contributed by atoms with E-state index in [2.05, 4.69) is 15.9 Å². The average molecular weight is 263 g/mol. The Balaban J connectivity index is 2.67. The van der Waals surface area contributed by atoms with E-state index >= 15 is 0 Å². The summed E-state index contributed by atoms with van der Waals surface area (Å²) in [6, 6.07) is 1.12. The smallest absolute Gasteiger partial charge is 0.143 e. The predicted octanol–water partition coefficient (Wildman–Crippen LogP) is 3.10. The second-order valence-electron chi connectivity index (χ2n) is 3.45. The lowest BCUT2D eigenvalue weighted by molar-refractivity contribution is 0.150. The number of aliphatic hydroxyl groups excluding tert-OH is 1. The van der Waals surface area contributed by atoms with Gasteiger partial charge in [-0.1, -0.05) is 0 Å². The summed E-state index contributed by atoms with van der Waals surface area (Å²) >= 11 is 2.93. The first-order valence-corrected chi connectivity index (χ1v) is 5.25. The molecule has 1 aromatic rings. The highest BCUT2D eigenvalue weighted by atomic mass is 79.9. The number of hydrogen-bond donors (Lipinski definition) is 1. The van der Waals surface area contributed by atoms with Crippen molar-refractivity contribution in [2.45, 2.75) is 25.4 Å². The summed E-state index contributed by atoms with van der Waals surface area (Å²) in [5.41, 5.74) is 0.451. The van der Waals surface area contributed by atoms with Crippen LogP contribution in [-0.4, -0.2) is 5.11 Å². The van der Waals surface area contributed by atoms with Crippen LogP contribution in [0.1, 0.15) is 30.1 Å². The molecule has 0 aliphatic heterocycles. The summed E-state index contributed by atoms with van der Waals surface area (Å²) in [6.45, 7) is 0. The number of rotatable bonds is 0. The molecular weight excluding hydrogens is 254 g/mol. The molecule has 76 valence electrons. The van der Waals surface area contributed by atoms with E-state index in [9.17, 15) is 13.9 Å². The lowest BCUT2D eigenvalue weighted by atomic mass is 9.89. The van der Waals surface area contributed by atoms with Gasteiger partial charge < -0.3 is 5.11 Å². The molecule has 4 heteroatoms. The van der Waals surface area contributed by atoms with E-state index in [1.807, 2.05) is 0 Å². The van der Waals surface area contributed by atoms with Crippen LogP contribution in [0.5, 0.6) is 0 Å². The van der Waals surface area contributed by atoms with Crippen molar-refractivity contribution in [1.29, 1.82) is 0 Å². The highest BCUT2D eigenvalue weighted by molar-refractivity contribution is 9.10. The van der Waals surface area contributed by atoms with E-state index in [-0.39, 0.29) is 10.0 Å². The standard InChI is InChI=1S/C10H9BrF2O/c11-6-4-7(12)5-2-1-3-8(14)9(5)10(6)13/h4,8,14H,1-3H2/t8-/m0/s1. The average Bonchev–Trinajstić information content (AvgIpc) is 2.14. The molecule has 0 aromatic heterocycles. The minimum absolute atomic E-state index is 0.0784. The van der Waals surface area contributed by atoms with E-state index in [0.29, 0.717) is 24.8 Å². The molecule has 0 unspecified atom stereocenters. The Kier molecular flexibility index (Phi) is 2.58. The molecule has 0 amide bonds. The van der Waals surface area contributed by atoms with Gasteiger partial charge in [0.1, 0.15) is 11.6 Å². The summed E-state index contributed by atoms with van der Waals surface area (Å²) in [5, 5.41) is 9.56. The van der Waals surface area contributed by atoms with Crippen LogP contribution in [-0.2, 0) is 6.42 Å². The Hall–Kier alpha value is -0.480. The number of benzene rings is 1. The molecule has 1 aromatic carbocycles. The highest BCUT2D eigenvalue weighted by Gasteiger charge is 2.26. The van der Waals surface area contributed by atoms with Gasteiger partial charge in [0, 0.05) is 5.56 Å². The fourth-order valence-electron chi connectivity index (χ4n) is 1.87. The third-order valence-corrected chi connectivity index (χ3v) is 3.13. The van der Waals surface area contributed by atoms with E-state index in [0.717, 1.165) is 6.07 Å². The van der Waals surface area contributed by atoms with Gasteiger partial charge in [-0.15, -0.1) is 0 Å². The molecule has 0 heterocycles. The van der Waals surface area contributed by atoms with Crippen LogP contribution in [0.25, 0.3) is 0 Å². The SMILES string of the molecule is O[C@H]1CCCc2c(F)cc(Br)c(F)c21. The van der Waals surface area contributed by atoms with E-state index < -0.39 is 17.7 Å². The van der Waals surface area contributed by atoms with Gasteiger partial charge in [0.05, 0.1) is 10.6 Å². The molecule has 1 aliphatic carbocycles. The minimum Gasteiger partial charge on any atom is -0.388 e. The molecule has 1 N–H and O–H groups in total. The molecule has 0 saturated heterocycles. The van der Waals surface area contributed by atoms with Crippen molar-refractivity contribution in [2.24, 2.45) is 0 Å². The highest BCUT2D eigenvalue weighted by Crippen LogP contribution is 2.36. The maximum Gasteiger partial charge on any atom is 0.143 e. The van der Waals surface area contributed by atoms with Gasteiger partial charge in [-0.25, -0.2) is 8.78 Å². The molecule has 2 rings (SSSR count). The molecule has 1 nitrogen and oxygen atoms in total. The maximum atomic E-state index is 13.5. The van der Waals surface area contributed by atoms with Gasteiger partial charge in [0.2, 0.25) is 0 Å². The topological polar surface area (TPSA) is 20.2 Å². The van der Waals surface area contributed by atoms with Crippen LogP contribution in [0.4, 0.5) is 8.78 Å². The summed E-state index contributed by atoms with van der Waals surface area (Å²) in [4.78, 5) is 0. The number of hydrogen-bond acceptors (Lipinski definition) is 1. The quantitative estimate of drug-likeness (QED) is 0.713. The zero-order chi connectivity index (χ0) is 10.3. The summed E-state index contributed by atoms with van der Waals surface area (Å²) < 4.78 is 27.0. The molecule has 14 heavy (non-hydrogen) atoms. The Morgan fingerprint density at radius 3 is 2.86 bits per heavy atom. The lowest BCUT2D eigenvalue weighted by Crippen LogP contribution is -2.13. The Morgan fingerprint density at radius 2 is 2.14 bits per heavy atom. The van der Waals surface area contributed by atoms with Gasteiger partial charge in [-0.2, -0.15) is 0 Å². The van der Waals surface area contributed by atoms with E-state index in [1.54, 1.807) is 0 Å². The van der Waals surface area contributed by atoms with Crippen molar-refractivity contribution in [1.82, 2.24) is 0 Å². The largest absolute Gasteiger partial charge is 0.388 e. The first-order valence-electron chi connectivity index (χ1n) is 4.45. The third kappa shape index (κ3) is 1.46. The first kappa shape index (κ1) is 10.1. The van der Waals surface area contributed by atoms with Crippen molar-refractivity contribution in [2.75, 3.05) is 0 Å². The second kappa shape index (κ2) is 3.59. The first-order chi connectivity index (χ1) is 6.61. The van der Waals surface area contributed by atoms with E-state index in [1.165, 1.54) is 0 Å². The second-order valence-corrected chi connectivity index (χ2v) is 4.31. The number of fused-ring (bicyclic) bond motifs is 1. The van der Waals surface area contributed by atoms with Crippen LogP contribution < -0.4 is 0 Å². The van der Waals surface area contributed by atoms with Crippen LogP contribution >= 0.6 is 15.9 Å². The van der Waals surface area contributed by atoms with Gasteiger partial charge in [0.15, 0.2) is 0 Å². The normalized spacial score (nSPS) is 20.7. The zero-order valence-electron chi connectivity index (χ0n) is 7.36. The monoisotopic (exact) mass is 262 g/mol. The third-order valence-electron chi connectivity index (χ3n) is 2.55. The summed E-state index contributed by atoms with van der Waals surface area (Å²) in [7, 11) is 0. The zero-order valence-corrected chi connectivity index (χ0v) is 8.94. The van der Waals surface area contributed by atoms with E-state index in [4.69, 9.17) is 0 Å². The fourth-order valence-corrected chi connectivity index (χ4v) is 2.28. The molecule has 0 fully saturated rings. The minimum atomic E-state index is -0.870.